The number of nitrogens with zero attached hydrogens (tertiary/aromatic N) is 2. The lowest BCUT2D eigenvalue weighted by atomic mass is 9.84. The molecule has 1 saturated carbocycles. The van der Waals surface area contributed by atoms with Crippen LogP contribution in [0.3, 0.4) is 0 Å². The van der Waals surface area contributed by atoms with Gasteiger partial charge < -0.3 is 15.5 Å². The Hall–Kier alpha value is -2.40. The first-order valence-electron chi connectivity index (χ1n) is 10.5. The molecule has 0 bridgehead atoms. The van der Waals surface area contributed by atoms with Crippen molar-refractivity contribution < 1.29 is 4.79 Å². The molecular formula is C23H30N4O. The first-order chi connectivity index (χ1) is 13.7. The Morgan fingerprint density at radius 3 is 2.46 bits per heavy atom. The largest absolute Gasteiger partial charge is 0.355 e. The molecule has 28 heavy (non-hydrogen) atoms. The Bertz CT molecular complexity index is 781. The molecule has 1 atom stereocenters. The van der Waals surface area contributed by atoms with Gasteiger partial charge in [0.2, 0.25) is 0 Å². The molecular weight excluding hydrogens is 348 g/mol. The molecule has 2 aliphatic rings. The van der Waals surface area contributed by atoms with E-state index in [9.17, 15) is 4.79 Å². The van der Waals surface area contributed by atoms with Crippen LogP contribution in [0, 0.1) is 0 Å². The fourth-order valence-electron chi connectivity index (χ4n) is 4.40. The van der Waals surface area contributed by atoms with Gasteiger partial charge >= 0.3 is 0 Å². The van der Waals surface area contributed by atoms with Crippen LogP contribution in [0.2, 0.25) is 0 Å². The summed E-state index contributed by atoms with van der Waals surface area (Å²) < 4.78 is 0. The standard InChI is InChI=1S/C23H30N4O/c1-24-21-13-14-27(16-21)22-12-11-20(15-25-22)26-23(28)19-9-7-18(8-10-19)17-5-3-2-4-6-17/h7-12,15,17,21,24H,2-6,13-14,16H2,1H3,(H,26,28)/t21-/m1/s1. The van der Waals surface area contributed by atoms with E-state index < -0.39 is 0 Å². The van der Waals surface area contributed by atoms with Crippen LogP contribution in [0.5, 0.6) is 0 Å². The maximum absolute atomic E-state index is 12.6. The second-order valence-corrected chi connectivity index (χ2v) is 8.04. The number of benzene rings is 1. The van der Waals surface area contributed by atoms with Gasteiger partial charge in [0.15, 0.2) is 0 Å². The van der Waals surface area contributed by atoms with E-state index in [0.717, 1.165) is 31.0 Å². The molecule has 1 aromatic carbocycles. The molecule has 1 amide bonds. The zero-order chi connectivity index (χ0) is 19.3. The summed E-state index contributed by atoms with van der Waals surface area (Å²) in [4.78, 5) is 19.4. The number of rotatable bonds is 5. The van der Waals surface area contributed by atoms with E-state index in [1.54, 1.807) is 6.20 Å². The van der Waals surface area contributed by atoms with Gasteiger partial charge in [0.05, 0.1) is 11.9 Å². The number of carbonyl (C=O) groups excluding carboxylic acids is 1. The maximum Gasteiger partial charge on any atom is 0.255 e. The lowest BCUT2D eigenvalue weighted by Gasteiger charge is -2.22. The smallest absolute Gasteiger partial charge is 0.255 e. The highest BCUT2D eigenvalue weighted by molar-refractivity contribution is 6.04. The number of aromatic nitrogens is 1. The van der Waals surface area contributed by atoms with Crippen molar-refractivity contribution in [3.8, 4) is 0 Å². The number of carbonyl (C=O) groups is 1. The highest BCUT2D eigenvalue weighted by atomic mass is 16.1. The molecule has 4 rings (SSSR count). The SMILES string of the molecule is CN[C@@H]1CCN(c2ccc(NC(=O)c3ccc(C4CCCCC4)cc3)cn2)C1. The summed E-state index contributed by atoms with van der Waals surface area (Å²) in [6, 6.07) is 12.6. The van der Waals surface area contributed by atoms with Gasteiger partial charge in [-0.3, -0.25) is 4.79 Å². The lowest BCUT2D eigenvalue weighted by molar-refractivity contribution is 0.102. The molecule has 148 valence electrons. The lowest BCUT2D eigenvalue weighted by Crippen LogP contribution is -2.29. The van der Waals surface area contributed by atoms with Crippen molar-refractivity contribution in [3.63, 3.8) is 0 Å². The fraction of sp³-hybridized carbons (Fsp3) is 0.478. The van der Waals surface area contributed by atoms with Gasteiger partial charge in [-0.15, -0.1) is 0 Å². The second kappa shape index (κ2) is 8.74. The Morgan fingerprint density at radius 2 is 1.82 bits per heavy atom. The van der Waals surface area contributed by atoms with E-state index in [0.29, 0.717) is 17.5 Å². The first-order valence-corrected chi connectivity index (χ1v) is 10.5. The summed E-state index contributed by atoms with van der Waals surface area (Å²) in [5.74, 6) is 1.55. The van der Waals surface area contributed by atoms with Crippen molar-refractivity contribution in [1.29, 1.82) is 0 Å². The van der Waals surface area contributed by atoms with Crippen LogP contribution in [-0.4, -0.2) is 37.1 Å². The minimum Gasteiger partial charge on any atom is -0.355 e. The number of pyridine rings is 1. The Labute approximate surface area is 167 Å². The molecule has 5 heteroatoms. The Morgan fingerprint density at radius 1 is 1.04 bits per heavy atom. The predicted octanol–water partition coefficient (Wildman–Crippen LogP) is 4.18. The van der Waals surface area contributed by atoms with Gasteiger partial charge in [0, 0.05) is 24.7 Å². The van der Waals surface area contributed by atoms with Crippen molar-refractivity contribution in [3.05, 3.63) is 53.7 Å². The zero-order valence-electron chi connectivity index (χ0n) is 16.7. The summed E-state index contributed by atoms with van der Waals surface area (Å²) in [6.45, 7) is 1.99. The number of nitrogens with one attached hydrogen (secondary N) is 2. The van der Waals surface area contributed by atoms with Crippen LogP contribution in [0.4, 0.5) is 11.5 Å². The summed E-state index contributed by atoms with van der Waals surface area (Å²) in [7, 11) is 2.00. The topological polar surface area (TPSA) is 57.3 Å². The third-order valence-electron chi connectivity index (χ3n) is 6.18. The third kappa shape index (κ3) is 4.36. The normalized spacial score (nSPS) is 20.3. The summed E-state index contributed by atoms with van der Waals surface area (Å²) in [5, 5.41) is 6.28. The number of hydrogen-bond acceptors (Lipinski definition) is 4. The Kier molecular flexibility index (Phi) is 5.91. The van der Waals surface area contributed by atoms with E-state index >= 15 is 0 Å². The average Bonchev–Trinajstić information content (AvgIpc) is 3.24. The van der Waals surface area contributed by atoms with Crippen LogP contribution in [0.15, 0.2) is 42.6 Å². The monoisotopic (exact) mass is 378 g/mol. The maximum atomic E-state index is 12.6. The van der Waals surface area contributed by atoms with Gasteiger partial charge in [0.25, 0.3) is 5.91 Å². The molecule has 2 aromatic rings. The minimum atomic E-state index is -0.0823. The quantitative estimate of drug-likeness (QED) is 0.819. The van der Waals surface area contributed by atoms with Gasteiger partial charge in [-0.05, 0) is 62.1 Å². The van der Waals surface area contributed by atoms with Crippen molar-refractivity contribution in [2.24, 2.45) is 0 Å². The number of likely N-dealkylation sites (N-methyl/N-ethyl adjacent to an activating group) is 1. The van der Waals surface area contributed by atoms with Crippen molar-refractivity contribution in [2.45, 2.75) is 50.5 Å². The first kappa shape index (κ1) is 18.9. The van der Waals surface area contributed by atoms with Gasteiger partial charge in [0.1, 0.15) is 5.82 Å². The number of hydrogen-bond donors (Lipinski definition) is 2. The van der Waals surface area contributed by atoms with E-state index in [-0.39, 0.29) is 5.91 Å². The fourth-order valence-corrected chi connectivity index (χ4v) is 4.40. The summed E-state index contributed by atoms with van der Waals surface area (Å²) in [5.41, 5.74) is 2.79. The molecule has 1 aliphatic heterocycles. The van der Waals surface area contributed by atoms with Gasteiger partial charge in [-0.1, -0.05) is 31.4 Å². The van der Waals surface area contributed by atoms with Crippen molar-refractivity contribution in [2.75, 3.05) is 30.4 Å². The van der Waals surface area contributed by atoms with E-state index in [1.165, 1.54) is 37.7 Å². The minimum absolute atomic E-state index is 0.0823. The molecule has 2 N–H and O–H groups in total. The van der Waals surface area contributed by atoms with Crippen molar-refractivity contribution in [1.82, 2.24) is 10.3 Å². The molecule has 0 unspecified atom stereocenters. The van der Waals surface area contributed by atoms with E-state index in [4.69, 9.17) is 0 Å². The number of anilines is 2. The zero-order valence-corrected chi connectivity index (χ0v) is 16.7. The highest BCUT2D eigenvalue weighted by Crippen LogP contribution is 2.32. The molecule has 1 saturated heterocycles. The second-order valence-electron chi connectivity index (χ2n) is 8.04. The summed E-state index contributed by atoms with van der Waals surface area (Å²) >= 11 is 0. The highest BCUT2D eigenvalue weighted by Gasteiger charge is 2.22. The predicted molar refractivity (Wildman–Crippen MR) is 114 cm³/mol. The molecule has 0 spiro atoms. The number of amides is 1. The molecule has 1 aliphatic carbocycles. The molecule has 5 nitrogen and oxygen atoms in total. The molecule has 1 aromatic heterocycles. The van der Waals surface area contributed by atoms with Crippen molar-refractivity contribution >= 4 is 17.4 Å². The van der Waals surface area contributed by atoms with Gasteiger partial charge in [-0.2, -0.15) is 0 Å². The third-order valence-corrected chi connectivity index (χ3v) is 6.18. The molecule has 2 fully saturated rings. The van der Waals surface area contributed by atoms with Crippen LogP contribution < -0.4 is 15.5 Å². The summed E-state index contributed by atoms with van der Waals surface area (Å²) in [6.07, 6.45) is 9.43. The van der Waals surface area contributed by atoms with Crippen LogP contribution in [0.25, 0.3) is 0 Å². The molecule has 0 radical (unpaired) electrons. The van der Waals surface area contributed by atoms with Crippen LogP contribution in [0.1, 0.15) is 60.4 Å². The Balaban J connectivity index is 1.35. The van der Waals surface area contributed by atoms with Gasteiger partial charge in [-0.25, -0.2) is 4.98 Å². The van der Waals surface area contributed by atoms with E-state index in [1.807, 2.05) is 31.3 Å². The molecule has 2 heterocycles. The van der Waals surface area contributed by atoms with Crippen LogP contribution in [-0.2, 0) is 0 Å². The average molecular weight is 379 g/mol. The van der Waals surface area contributed by atoms with E-state index in [2.05, 4.69) is 32.7 Å². The van der Waals surface area contributed by atoms with Crippen LogP contribution >= 0.6 is 0 Å².